The van der Waals surface area contributed by atoms with E-state index in [1.54, 1.807) is 0 Å². The summed E-state index contributed by atoms with van der Waals surface area (Å²) >= 11 is 0. The van der Waals surface area contributed by atoms with Crippen LogP contribution in [0.5, 0.6) is 0 Å². The van der Waals surface area contributed by atoms with E-state index in [9.17, 15) is 5.11 Å². The van der Waals surface area contributed by atoms with Crippen LogP contribution in [-0.2, 0) is 0 Å². The predicted octanol–water partition coefficient (Wildman–Crippen LogP) is 3.39. The average Bonchev–Trinajstić information content (AvgIpc) is 2.02. The van der Waals surface area contributed by atoms with Crippen molar-refractivity contribution in [2.75, 3.05) is 0 Å². The third-order valence-corrected chi connectivity index (χ3v) is 3.04. The van der Waals surface area contributed by atoms with Gasteiger partial charge in [-0.3, -0.25) is 0 Å². The molecule has 1 heteroatoms. The van der Waals surface area contributed by atoms with Crippen LogP contribution >= 0.6 is 0 Å². The van der Waals surface area contributed by atoms with Gasteiger partial charge in [0, 0.05) is 0 Å². The molecule has 1 nitrogen and oxygen atoms in total. The molecule has 1 unspecified atom stereocenters. The SMILES string of the molecule is CC(CC(C)(C)C)[C@H]1C=C[C@@H](O)CC1. The summed E-state index contributed by atoms with van der Waals surface area (Å²) in [4.78, 5) is 0. The molecule has 1 N–H and O–H groups in total. The molecular formula is C13H24O. The summed E-state index contributed by atoms with van der Waals surface area (Å²) in [5.41, 5.74) is 0.420. The lowest BCUT2D eigenvalue weighted by Gasteiger charge is -2.30. The lowest BCUT2D eigenvalue weighted by molar-refractivity contribution is 0.175. The van der Waals surface area contributed by atoms with Crippen LogP contribution in [-0.4, -0.2) is 11.2 Å². The normalized spacial score (nSPS) is 30.4. The van der Waals surface area contributed by atoms with Gasteiger partial charge in [0.15, 0.2) is 0 Å². The quantitative estimate of drug-likeness (QED) is 0.671. The predicted molar refractivity (Wildman–Crippen MR) is 61.1 cm³/mol. The Morgan fingerprint density at radius 2 is 1.93 bits per heavy atom. The molecule has 0 saturated carbocycles. The fraction of sp³-hybridized carbons (Fsp3) is 0.846. The molecule has 1 aliphatic rings. The van der Waals surface area contributed by atoms with Gasteiger partial charge in [-0.05, 0) is 36.5 Å². The largest absolute Gasteiger partial charge is 0.389 e. The van der Waals surface area contributed by atoms with Crippen LogP contribution < -0.4 is 0 Å². The highest BCUT2D eigenvalue weighted by molar-refractivity contribution is 5.00. The van der Waals surface area contributed by atoms with Gasteiger partial charge in [-0.1, -0.05) is 39.8 Å². The Bertz CT molecular complexity index is 200. The number of rotatable bonds is 2. The molecule has 1 rings (SSSR count). The third-order valence-electron chi connectivity index (χ3n) is 3.04. The summed E-state index contributed by atoms with van der Waals surface area (Å²) in [6.45, 7) is 9.22. The smallest absolute Gasteiger partial charge is 0.0721 e. The number of aliphatic hydroxyl groups is 1. The number of aliphatic hydroxyl groups excluding tert-OH is 1. The highest BCUT2D eigenvalue weighted by atomic mass is 16.3. The molecule has 3 atom stereocenters. The second-order valence-electron chi connectivity index (χ2n) is 5.94. The average molecular weight is 196 g/mol. The van der Waals surface area contributed by atoms with Crippen LogP contribution in [0.3, 0.4) is 0 Å². The van der Waals surface area contributed by atoms with Gasteiger partial charge >= 0.3 is 0 Å². The molecule has 0 spiro atoms. The molecule has 0 aromatic rings. The molecule has 0 heterocycles. The van der Waals surface area contributed by atoms with Crippen LogP contribution in [0.25, 0.3) is 0 Å². The van der Waals surface area contributed by atoms with E-state index in [0.717, 1.165) is 18.8 Å². The second-order valence-corrected chi connectivity index (χ2v) is 5.94. The van der Waals surface area contributed by atoms with E-state index >= 15 is 0 Å². The molecule has 0 saturated heterocycles. The summed E-state index contributed by atoms with van der Waals surface area (Å²) in [5.74, 6) is 1.41. The molecular weight excluding hydrogens is 172 g/mol. The highest BCUT2D eigenvalue weighted by Gasteiger charge is 2.23. The zero-order valence-corrected chi connectivity index (χ0v) is 9.96. The third kappa shape index (κ3) is 3.83. The van der Waals surface area contributed by atoms with Gasteiger partial charge in [0.05, 0.1) is 6.10 Å². The van der Waals surface area contributed by atoms with E-state index in [0.29, 0.717) is 11.3 Å². The highest BCUT2D eigenvalue weighted by Crippen LogP contribution is 2.33. The molecule has 0 amide bonds. The van der Waals surface area contributed by atoms with Crippen LogP contribution in [0, 0.1) is 17.3 Å². The zero-order valence-electron chi connectivity index (χ0n) is 9.96. The first-order valence-corrected chi connectivity index (χ1v) is 5.75. The first-order chi connectivity index (χ1) is 6.38. The maximum absolute atomic E-state index is 9.35. The van der Waals surface area contributed by atoms with Crippen LogP contribution in [0.15, 0.2) is 12.2 Å². The van der Waals surface area contributed by atoms with Crippen molar-refractivity contribution in [3.63, 3.8) is 0 Å². The topological polar surface area (TPSA) is 20.2 Å². The van der Waals surface area contributed by atoms with E-state index in [4.69, 9.17) is 0 Å². The molecule has 0 aromatic carbocycles. The molecule has 82 valence electrons. The van der Waals surface area contributed by atoms with Crippen molar-refractivity contribution >= 4 is 0 Å². The number of hydrogen-bond donors (Lipinski definition) is 1. The van der Waals surface area contributed by atoms with Gasteiger partial charge in [-0.25, -0.2) is 0 Å². The summed E-state index contributed by atoms with van der Waals surface area (Å²) in [6, 6.07) is 0. The molecule has 14 heavy (non-hydrogen) atoms. The summed E-state index contributed by atoms with van der Waals surface area (Å²) in [5, 5.41) is 9.35. The minimum Gasteiger partial charge on any atom is -0.389 e. The number of hydrogen-bond acceptors (Lipinski definition) is 1. The molecule has 0 fully saturated rings. The van der Waals surface area contributed by atoms with Gasteiger partial charge in [0.25, 0.3) is 0 Å². The monoisotopic (exact) mass is 196 g/mol. The van der Waals surface area contributed by atoms with Crippen LogP contribution in [0.2, 0.25) is 0 Å². The standard InChI is InChI=1S/C13H24O/c1-10(9-13(2,3)4)11-5-7-12(14)8-6-11/h5,7,10-12,14H,6,8-9H2,1-4H3/t10?,11-,12+/m0/s1. The first kappa shape index (κ1) is 11.8. The fourth-order valence-electron chi connectivity index (χ4n) is 2.42. The van der Waals surface area contributed by atoms with Gasteiger partial charge in [0.1, 0.15) is 0 Å². The van der Waals surface area contributed by atoms with Crippen LogP contribution in [0.4, 0.5) is 0 Å². The van der Waals surface area contributed by atoms with Crippen molar-refractivity contribution in [1.82, 2.24) is 0 Å². The van der Waals surface area contributed by atoms with E-state index < -0.39 is 0 Å². The summed E-state index contributed by atoms with van der Waals surface area (Å²) in [6.07, 6.45) is 7.34. The van der Waals surface area contributed by atoms with Gasteiger partial charge < -0.3 is 5.11 Å². The lowest BCUT2D eigenvalue weighted by atomic mass is 9.76. The van der Waals surface area contributed by atoms with E-state index in [-0.39, 0.29) is 6.10 Å². The Morgan fingerprint density at radius 1 is 1.29 bits per heavy atom. The van der Waals surface area contributed by atoms with Crippen molar-refractivity contribution in [3.05, 3.63) is 12.2 Å². The summed E-state index contributed by atoms with van der Waals surface area (Å²) < 4.78 is 0. The van der Waals surface area contributed by atoms with Crippen molar-refractivity contribution in [2.45, 2.75) is 53.1 Å². The lowest BCUT2D eigenvalue weighted by Crippen LogP contribution is -2.21. The fourth-order valence-corrected chi connectivity index (χ4v) is 2.42. The molecule has 0 bridgehead atoms. The minimum atomic E-state index is -0.187. The van der Waals surface area contributed by atoms with Gasteiger partial charge in [-0.15, -0.1) is 0 Å². The second kappa shape index (κ2) is 4.48. The maximum atomic E-state index is 9.35. The molecule has 0 aliphatic heterocycles. The Kier molecular flexibility index (Phi) is 3.77. The van der Waals surface area contributed by atoms with Crippen molar-refractivity contribution < 1.29 is 5.11 Å². The minimum absolute atomic E-state index is 0.187. The van der Waals surface area contributed by atoms with Crippen molar-refractivity contribution in [1.29, 1.82) is 0 Å². The van der Waals surface area contributed by atoms with E-state index in [1.807, 2.05) is 6.08 Å². The Balaban J connectivity index is 2.46. The van der Waals surface area contributed by atoms with Crippen molar-refractivity contribution in [2.24, 2.45) is 17.3 Å². The zero-order chi connectivity index (χ0) is 10.8. The van der Waals surface area contributed by atoms with Gasteiger partial charge in [0.2, 0.25) is 0 Å². The molecule has 0 radical (unpaired) electrons. The molecule has 1 aliphatic carbocycles. The Morgan fingerprint density at radius 3 is 2.36 bits per heavy atom. The Hall–Kier alpha value is -0.300. The molecule has 0 aromatic heterocycles. The number of allylic oxidation sites excluding steroid dienone is 1. The summed E-state index contributed by atoms with van der Waals surface area (Å²) in [7, 11) is 0. The van der Waals surface area contributed by atoms with Crippen molar-refractivity contribution in [3.8, 4) is 0 Å². The Labute approximate surface area is 88.2 Å². The van der Waals surface area contributed by atoms with E-state index in [1.165, 1.54) is 6.42 Å². The van der Waals surface area contributed by atoms with E-state index in [2.05, 4.69) is 33.8 Å². The maximum Gasteiger partial charge on any atom is 0.0721 e. The van der Waals surface area contributed by atoms with Gasteiger partial charge in [-0.2, -0.15) is 0 Å². The van der Waals surface area contributed by atoms with Crippen LogP contribution in [0.1, 0.15) is 47.0 Å². The first-order valence-electron chi connectivity index (χ1n) is 5.75.